The van der Waals surface area contributed by atoms with E-state index in [1.807, 2.05) is 32.0 Å². The summed E-state index contributed by atoms with van der Waals surface area (Å²) in [6.07, 6.45) is 0. The summed E-state index contributed by atoms with van der Waals surface area (Å²) in [7, 11) is 0. The van der Waals surface area contributed by atoms with Gasteiger partial charge in [0.1, 0.15) is 0 Å². The molecular weight excluding hydrogens is 150 g/mol. The van der Waals surface area contributed by atoms with Gasteiger partial charge < -0.3 is 10.5 Å². The average molecular weight is 163 g/mol. The third-order valence-corrected chi connectivity index (χ3v) is 1.87. The average Bonchev–Trinajstić information content (AvgIpc) is 2.03. The first kappa shape index (κ1) is 8.94. The van der Waals surface area contributed by atoms with Gasteiger partial charge in [0.2, 0.25) is 0 Å². The number of rotatable bonds is 2. The van der Waals surface area contributed by atoms with Crippen molar-refractivity contribution in [3.05, 3.63) is 34.9 Å². The molecule has 0 saturated carbocycles. The minimum Gasteiger partial charge on any atom is -0.390 e. The van der Waals surface area contributed by atoms with Gasteiger partial charge in [0.25, 0.3) is 0 Å². The number of benzene rings is 1. The number of hydrogen-bond donors (Lipinski definition) is 2. The molecule has 0 aromatic heterocycles. The molecule has 12 heavy (non-hydrogen) atoms. The predicted molar refractivity (Wildman–Crippen MR) is 49.8 cm³/mol. The van der Waals surface area contributed by atoms with E-state index in [1.54, 1.807) is 0 Å². The Kier molecular flexibility index (Phi) is 2.61. The van der Waals surface area contributed by atoms with Gasteiger partial charge in [0.05, 0.1) is 12.3 Å². The summed E-state index contributed by atoms with van der Waals surface area (Å²) < 4.78 is 0. The second-order valence-corrected chi connectivity index (χ2v) is 2.96. The number of aryl methyl sites for hydroxylation is 2. The van der Waals surface area contributed by atoms with Crippen LogP contribution in [0.4, 0.5) is 0 Å². The van der Waals surface area contributed by atoms with Crippen LogP contribution in [-0.2, 0) is 0 Å². The van der Waals surface area contributed by atoms with E-state index in [4.69, 9.17) is 10.5 Å². The molecule has 0 aliphatic carbocycles. The predicted octanol–water partition coefficient (Wildman–Crippen LogP) is 1.66. The molecule has 2 N–H and O–H groups in total. The van der Waals surface area contributed by atoms with Crippen molar-refractivity contribution >= 4 is 5.71 Å². The van der Waals surface area contributed by atoms with E-state index < -0.39 is 0 Å². The molecule has 0 amide bonds. The van der Waals surface area contributed by atoms with Crippen LogP contribution in [0.5, 0.6) is 0 Å². The Balaban J connectivity index is 3.09. The summed E-state index contributed by atoms with van der Waals surface area (Å²) in [4.78, 5) is 0. The van der Waals surface area contributed by atoms with Crippen LogP contribution in [-0.4, -0.2) is 17.4 Å². The van der Waals surface area contributed by atoms with Gasteiger partial charge in [-0.05, 0) is 19.4 Å². The smallest absolute Gasteiger partial charge is 0.0852 e. The lowest BCUT2D eigenvalue weighted by Crippen LogP contribution is -2.06. The quantitative estimate of drug-likeness (QED) is 0.640. The molecule has 0 aliphatic rings. The van der Waals surface area contributed by atoms with Gasteiger partial charge in [0.15, 0.2) is 0 Å². The largest absolute Gasteiger partial charge is 0.390 e. The zero-order chi connectivity index (χ0) is 9.14. The number of hydrogen-bond acceptors (Lipinski definition) is 2. The number of aliphatic hydroxyl groups excluding tert-OH is 1. The Morgan fingerprint density at radius 3 is 2.58 bits per heavy atom. The molecule has 1 aromatic rings. The Morgan fingerprint density at radius 1 is 1.42 bits per heavy atom. The zero-order valence-electron chi connectivity index (χ0n) is 7.39. The first-order valence-electron chi connectivity index (χ1n) is 3.91. The lowest BCUT2D eigenvalue weighted by atomic mass is 10.0. The summed E-state index contributed by atoms with van der Waals surface area (Å²) in [5.41, 5.74) is 3.35. The number of aliphatic hydroxyl groups is 1. The van der Waals surface area contributed by atoms with Crippen molar-refractivity contribution in [1.29, 1.82) is 5.41 Å². The highest BCUT2D eigenvalue weighted by molar-refractivity contribution is 6.00. The Hall–Kier alpha value is -1.15. The highest BCUT2D eigenvalue weighted by Gasteiger charge is 2.02. The van der Waals surface area contributed by atoms with Crippen molar-refractivity contribution in [3.63, 3.8) is 0 Å². The van der Waals surface area contributed by atoms with Crippen molar-refractivity contribution < 1.29 is 5.11 Å². The second-order valence-electron chi connectivity index (χ2n) is 2.96. The second kappa shape index (κ2) is 3.50. The molecule has 2 heteroatoms. The van der Waals surface area contributed by atoms with Crippen molar-refractivity contribution in [1.82, 2.24) is 0 Å². The molecule has 64 valence electrons. The van der Waals surface area contributed by atoms with Gasteiger partial charge in [-0.15, -0.1) is 0 Å². The van der Waals surface area contributed by atoms with Crippen LogP contribution in [0, 0.1) is 19.3 Å². The molecule has 0 aliphatic heterocycles. The van der Waals surface area contributed by atoms with Gasteiger partial charge in [-0.2, -0.15) is 0 Å². The molecule has 2 nitrogen and oxygen atoms in total. The summed E-state index contributed by atoms with van der Waals surface area (Å²) in [6, 6.07) is 5.84. The van der Waals surface area contributed by atoms with Crippen LogP contribution in [0.25, 0.3) is 0 Å². The fourth-order valence-corrected chi connectivity index (χ4v) is 1.24. The molecule has 0 spiro atoms. The van der Waals surface area contributed by atoms with Crippen LogP contribution in [0.2, 0.25) is 0 Å². The molecule has 1 aromatic carbocycles. The van der Waals surface area contributed by atoms with E-state index in [0.29, 0.717) is 0 Å². The van der Waals surface area contributed by atoms with Crippen LogP contribution in [0.3, 0.4) is 0 Å². The van der Waals surface area contributed by atoms with E-state index in [0.717, 1.165) is 11.1 Å². The van der Waals surface area contributed by atoms with Crippen molar-refractivity contribution in [3.8, 4) is 0 Å². The van der Waals surface area contributed by atoms with E-state index in [2.05, 4.69) is 0 Å². The van der Waals surface area contributed by atoms with E-state index in [1.165, 1.54) is 5.56 Å². The summed E-state index contributed by atoms with van der Waals surface area (Å²) >= 11 is 0. The van der Waals surface area contributed by atoms with E-state index >= 15 is 0 Å². The standard InChI is InChI=1S/C10H13NO/c1-7-3-4-9(8(2)5-7)10(11)6-12/h3-5,11-12H,6H2,1-2H3. The van der Waals surface area contributed by atoms with E-state index in [9.17, 15) is 0 Å². The van der Waals surface area contributed by atoms with Gasteiger partial charge in [-0.25, -0.2) is 0 Å². The lowest BCUT2D eigenvalue weighted by Gasteiger charge is -2.05. The molecule has 0 fully saturated rings. The topological polar surface area (TPSA) is 44.1 Å². The van der Waals surface area contributed by atoms with Crippen LogP contribution in [0.1, 0.15) is 16.7 Å². The highest BCUT2D eigenvalue weighted by Crippen LogP contribution is 2.10. The monoisotopic (exact) mass is 163 g/mol. The maximum atomic E-state index is 8.76. The molecule has 0 radical (unpaired) electrons. The zero-order valence-corrected chi connectivity index (χ0v) is 7.39. The SMILES string of the molecule is Cc1ccc(C(=N)CO)c(C)c1. The molecule has 0 unspecified atom stereocenters. The fraction of sp³-hybridized carbons (Fsp3) is 0.300. The molecule has 0 heterocycles. The van der Waals surface area contributed by atoms with Gasteiger partial charge in [-0.1, -0.05) is 23.8 Å². The third kappa shape index (κ3) is 1.71. The first-order valence-corrected chi connectivity index (χ1v) is 3.91. The molecule has 0 bridgehead atoms. The minimum absolute atomic E-state index is 0.191. The molecule has 1 rings (SSSR count). The summed E-state index contributed by atoms with van der Waals surface area (Å²) in [6.45, 7) is 3.77. The van der Waals surface area contributed by atoms with Crippen molar-refractivity contribution in [2.45, 2.75) is 13.8 Å². The minimum atomic E-state index is -0.191. The van der Waals surface area contributed by atoms with E-state index in [-0.39, 0.29) is 12.3 Å². The van der Waals surface area contributed by atoms with Crippen molar-refractivity contribution in [2.75, 3.05) is 6.61 Å². The summed E-state index contributed by atoms with van der Waals surface area (Å²) in [5.74, 6) is 0. The van der Waals surface area contributed by atoms with Crippen LogP contribution >= 0.6 is 0 Å². The van der Waals surface area contributed by atoms with Crippen LogP contribution in [0.15, 0.2) is 18.2 Å². The third-order valence-electron chi connectivity index (χ3n) is 1.87. The van der Waals surface area contributed by atoms with Crippen LogP contribution < -0.4 is 0 Å². The molecule has 0 saturated heterocycles. The lowest BCUT2D eigenvalue weighted by molar-refractivity contribution is 0.357. The normalized spacial score (nSPS) is 9.92. The fourth-order valence-electron chi connectivity index (χ4n) is 1.24. The maximum absolute atomic E-state index is 8.76. The first-order chi connectivity index (χ1) is 5.65. The van der Waals surface area contributed by atoms with Gasteiger partial charge >= 0.3 is 0 Å². The number of nitrogens with one attached hydrogen (secondary N) is 1. The van der Waals surface area contributed by atoms with Gasteiger partial charge in [0, 0.05) is 5.56 Å². The summed E-state index contributed by atoms with van der Waals surface area (Å²) in [5, 5.41) is 16.2. The Labute approximate surface area is 72.4 Å². The highest BCUT2D eigenvalue weighted by atomic mass is 16.3. The van der Waals surface area contributed by atoms with Crippen molar-refractivity contribution in [2.24, 2.45) is 0 Å². The Bertz CT molecular complexity index is 305. The maximum Gasteiger partial charge on any atom is 0.0852 e. The Morgan fingerprint density at radius 2 is 2.08 bits per heavy atom. The van der Waals surface area contributed by atoms with Gasteiger partial charge in [-0.3, -0.25) is 0 Å². The molecular formula is C10H13NO. The molecule has 0 atom stereocenters.